The third-order valence-corrected chi connectivity index (χ3v) is 8.29. The van der Waals surface area contributed by atoms with Crippen LogP contribution in [0.4, 0.5) is 0 Å². The van der Waals surface area contributed by atoms with Crippen LogP contribution in [0.25, 0.3) is 0 Å². The van der Waals surface area contributed by atoms with E-state index in [2.05, 4.69) is 53.4 Å². The molecule has 3 heteroatoms. The van der Waals surface area contributed by atoms with Crippen LogP contribution in [-0.4, -0.2) is 29.6 Å². The molecular weight excluding hydrogens is 402 g/mol. The Kier molecular flexibility index (Phi) is 4.72. The van der Waals surface area contributed by atoms with Crippen molar-refractivity contribution in [3.63, 3.8) is 0 Å². The Labute approximate surface area is 189 Å². The van der Waals surface area contributed by atoms with Crippen molar-refractivity contribution < 1.29 is 5.11 Å². The molecule has 0 spiro atoms. The van der Waals surface area contributed by atoms with Crippen molar-refractivity contribution in [1.29, 1.82) is 0 Å². The van der Waals surface area contributed by atoms with E-state index in [0.29, 0.717) is 11.8 Å². The van der Waals surface area contributed by atoms with Crippen LogP contribution in [0.15, 0.2) is 72.8 Å². The summed E-state index contributed by atoms with van der Waals surface area (Å²) in [6.07, 6.45) is 2.87. The zero-order valence-corrected chi connectivity index (χ0v) is 18.4. The lowest BCUT2D eigenvalue weighted by Crippen LogP contribution is -2.44. The van der Waals surface area contributed by atoms with Gasteiger partial charge in [-0.1, -0.05) is 72.3 Å². The van der Waals surface area contributed by atoms with Crippen LogP contribution in [0.2, 0.25) is 5.02 Å². The number of nitrogens with zero attached hydrogens (tertiary/aromatic N) is 1. The Morgan fingerprint density at radius 2 is 1.45 bits per heavy atom. The van der Waals surface area contributed by atoms with Crippen LogP contribution in [0, 0.1) is 5.92 Å². The average molecular weight is 430 g/mol. The summed E-state index contributed by atoms with van der Waals surface area (Å²) < 4.78 is 0. The van der Waals surface area contributed by atoms with E-state index in [-0.39, 0.29) is 5.41 Å². The minimum atomic E-state index is -0.402. The molecular formula is C28H28ClNO. The monoisotopic (exact) mass is 429 g/mol. The minimum Gasteiger partial charge on any atom is -0.388 e. The van der Waals surface area contributed by atoms with E-state index < -0.39 is 6.10 Å². The van der Waals surface area contributed by atoms with Gasteiger partial charge in [-0.3, -0.25) is 0 Å². The van der Waals surface area contributed by atoms with Crippen molar-refractivity contribution in [3.05, 3.63) is 106 Å². The van der Waals surface area contributed by atoms with E-state index >= 15 is 0 Å². The lowest BCUT2D eigenvalue weighted by Gasteiger charge is -2.40. The maximum absolute atomic E-state index is 10.9. The summed E-state index contributed by atoms with van der Waals surface area (Å²) in [5, 5.41) is 11.6. The number of fused-ring (bicyclic) bond motifs is 8. The first-order valence-corrected chi connectivity index (χ1v) is 11.9. The third kappa shape index (κ3) is 3.08. The summed E-state index contributed by atoms with van der Waals surface area (Å²) in [6.45, 7) is 3.18. The van der Waals surface area contributed by atoms with E-state index in [1.54, 1.807) is 11.1 Å². The topological polar surface area (TPSA) is 23.5 Å². The first-order chi connectivity index (χ1) is 15.2. The largest absolute Gasteiger partial charge is 0.388 e. The molecule has 0 saturated carbocycles. The highest BCUT2D eigenvalue weighted by Gasteiger charge is 2.53. The van der Waals surface area contributed by atoms with E-state index in [1.807, 2.05) is 24.3 Å². The van der Waals surface area contributed by atoms with Crippen LogP contribution in [0.3, 0.4) is 0 Å². The fourth-order valence-corrected chi connectivity index (χ4v) is 6.68. The summed E-state index contributed by atoms with van der Waals surface area (Å²) in [5.74, 6) is 0.867. The van der Waals surface area contributed by atoms with Gasteiger partial charge in [-0.2, -0.15) is 0 Å². The Balaban J connectivity index is 1.21. The second-order valence-electron chi connectivity index (χ2n) is 9.62. The number of halogens is 1. The highest BCUT2D eigenvalue weighted by atomic mass is 35.5. The van der Waals surface area contributed by atoms with E-state index in [4.69, 9.17) is 11.6 Å². The second-order valence-corrected chi connectivity index (χ2v) is 10.1. The van der Waals surface area contributed by atoms with Crippen molar-refractivity contribution in [2.45, 2.75) is 36.7 Å². The van der Waals surface area contributed by atoms with Crippen molar-refractivity contribution >= 4 is 11.6 Å². The number of benzene rings is 3. The summed E-state index contributed by atoms with van der Waals surface area (Å²) in [7, 11) is 0. The number of aliphatic hydroxyl groups is 1. The van der Waals surface area contributed by atoms with Gasteiger partial charge in [-0.05, 0) is 78.2 Å². The zero-order chi connectivity index (χ0) is 21.0. The number of rotatable bonds is 4. The molecule has 158 valence electrons. The summed E-state index contributed by atoms with van der Waals surface area (Å²) in [6, 6.07) is 25.9. The van der Waals surface area contributed by atoms with Gasteiger partial charge < -0.3 is 10.0 Å². The highest BCUT2D eigenvalue weighted by Crippen LogP contribution is 2.60. The molecule has 3 aromatic carbocycles. The van der Waals surface area contributed by atoms with Crippen LogP contribution in [-0.2, 0) is 5.41 Å². The van der Waals surface area contributed by atoms with Gasteiger partial charge in [0.05, 0.1) is 6.10 Å². The molecule has 6 rings (SSSR count). The normalized spacial score (nSPS) is 25.9. The lowest BCUT2D eigenvalue weighted by molar-refractivity contribution is 0.0540. The predicted molar refractivity (Wildman–Crippen MR) is 126 cm³/mol. The zero-order valence-electron chi connectivity index (χ0n) is 17.7. The Morgan fingerprint density at radius 3 is 2.06 bits per heavy atom. The predicted octanol–water partition coefficient (Wildman–Crippen LogP) is 5.92. The molecule has 3 aromatic rings. The van der Waals surface area contributed by atoms with E-state index in [1.165, 1.54) is 17.5 Å². The minimum absolute atomic E-state index is 0.124. The van der Waals surface area contributed by atoms with Gasteiger partial charge in [-0.15, -0.1) is 0 Å². The number of piperidine rings is 1. The van der Waals surface area contributed by atoms with Gasteiger partial charge in [-0.25, -0.2) is 0 Å². The molecule has 1 heterocycles. The highest BCUT2D eigenvalue weighted by molar-refractivity contribution is 6.30. The smallest absolute Gasteiger partial charge is 0.0819 e. The number of hydrogen-bond acceptors (Lipinski definition) is 2. The molecule has 1 N–H and O–H groups in total. The molecule has 1 atom stereocenters. The summed E-state index contributed by atoms with van der Waals surface area (Å²) in [4.78, 5) is 2.65. The third-order valence-electron chi connectivity index (χ3n) is 8.04. The van der Waals surface area contributed by atoms with E-state index in [9.17, 15) is 5.11 Å². The fourth-order valence-electron chi connectivity index (χ4n) is 6.55. The van der Waals surface area contributed by atoms with Gasteiger partial charge in [0, 0.05) is 22.9 Å². The van der Waals surface area contributed by atoms with Gasteiger partial charge >= 0.3 is 0 Å². The standard InChI is InChI=1S/C28H28ClNO/c29-21-11-9-19(10-12-21)27(31)20-13-15-30(16-14-20)18-28-17-24(22-5-1-3-7-25(22)28)23-6-2-4-8-26(23)28/h1-12,20,24,27,31H,13-18H2. The van der Waals surface area contributed by atoms with Crippen molar-refractivity contribution in [1.82, 2.24) is 4.90 Å². The lowest BCUT2D eigenvalue weighted by atomic mass is 9.74. The molecule has 31 heavy (non-hydrogen) atoms. The van der Waals surface area contributed by atoms with Crippen molar-refractivity contribution in [2.75, 3.05) is 19.6 Å². The Morgan fingerprint density at radius 1 is 0.871 bits per heavy atom. The van der Waals surface area contributed by atoms with Crippen molar-refractivity contribution in [2.24, 2.45) is 5.92 Å². The number of hydrogen-bond donors (Lipinski definition) is 1. The van der Waals surface area contributed by atoms with Crippen LogP contribution in [0.1, 0.15) is 59.1 Å². The number of aliphatic hydroxyl groups excluding tert-OH is 1. The van der Waals surface area contributed by atoms with Crippen LogP contribution < -0.4 is 0 Å². The van der Waals surface area contributed by atoms with Crippen LogP contribution in [0.5, 0.6) is 0 Å². The van der Waals surface area contributed by atoms with Gasteiger partial charge in [0.25, 0.3) is 0 Å². The molecule has 1 unspecified atom stereocenters. The molecule has 0 radical (unpaired) electrons. The first-order valence-electron chi connectivity index (χ1n) is 11.5. The van der Waals surface area contributed by atoms with Gasteiger partial charge in [0.2, 0.25) is 0 Å². The molecule has 0 aromatic heterocycles. The molecule has 2 bridgehead atoms. The van der Waals surface area contributed by atoms with Gasteiger partial charge in [0.15, 0.2) is 0 Å². The molecule has 1 fully saturated rings. The number of likely N-dealkylation sites (tertiary alicyclic amines) is 1. The Hall–Kier alpha value is -2.13. The maximum atomic E-state index is 10.9. The van der Waals surface area contributed by atoms with Gasteiger partial charge in [0.1, 0.15) is 0 Å². The maximum Gasteiger partial charge on any atom is 0.0819 e. The van der Waals surface area contributed by atoms with E-state index in [0.717, 1.165) is 43.1 Å². The summed E-state index contributed by atoms with van der Waals surface area (Å²) in [5.41, 5.74) is 7.27. The summed E-state index contributed by atoms with van der Waals surface area (Å²) >= 11 is 6.02. The molecule has 3 aliphatic rings. The molecule has 1 aliphatic heterocycles. The van der Waals surface area contributed by atoms with Crippen LogP contribution >= 0.6 is 11.6 Å². The average Bonchev–Trinajstić information content (AvgIpc) is 3.32. The first kappa shape index (κ1) is 19.5. The Bertz CT molecular complexity index is 1050. The molecule has 2 aliphatic carbocycles. The SMILES string of the molecule is OC(c1ccc(Cl)cc1)C1CCN(CC23CC(c4ccccc42)c2ccccc23)CC1. The second kappa shape index (κ2) is 7.48. The van der Waals surface area contributed by atoms with Crippen molar-refractivity contribution in [3.8, 4) is 0 Å². The molecule has 2 nitrogen and oxygen atoms in total. The fraction of sp³-hybridized carbons (Fsp3) is 0.357. The molecule has 0 amide bonds. The quantitative estimate of drug-likeness (QED) is 0.556. The molecule has 1 saturated heterocycles.